The molecule has 0 amide bonds. The maximum atomic E-state index is 11.2. The number of aryl methyl sites for hydroxylation is 1. The Bertz CT molecular complexity index is 662. The lowest BCUT2D eigenvalue weighted by Gasteiger charge is -2.07. The molecular weight excluding hydrogens is 258 g/mol. The van der Waals surface area contributed by atoms with Crippen LogP contribution in [0.2, 0.25) is 0 Å². The second kappa shape index (κ2) is 5.52. The van der Waals surface area contributed by atoms with Gasteiger partial charge in [0.2, 0.25) is 5.75 Å². The molecule has 0 spiro atoms. The van der Waals surface area contributed by atoms with Crippen LogP contribution >= 0.6 is 0 Å². The summed E-state index contributed by atoms with van der Waals surface area (Å²) in [6.07, 6.45) is 0. The van der Waals surface area contributed by atoms with Crippen LogP contribution in [-0.2, 0) is 0 Å². The third-order valence-electron chi connectivity index (χ3n) is 2.80. The van der Waals surface area contributed by atoms with Crippen LogP contribution in [0.15, 0.2) is 42.5 Å². The van der Waals surface area contributed by atoms with E-state index in [1.165, 1.54) is 13.0 Å². The lowest BCUT2D eigenvalue weighted by molar-refractivity contribution is -0.385. The first-order chi connectivity index (χ1) is 9.47. The summed E-state index contributed by atoms with van der Waals surface area (Å²) in [5, 5.41) is 11.0. The van der Waals surface area contributed by atoms with Gasteiger partial charge in [-0.3, -0.25) is 14.9 Å². The predicted octanol–water partition coefficient (Wildman–Crippen LogP) is 3.90. The molecule has 0 saturated heterocycles. The van der Waals surface area contributed by atoms with Crippen LogP contribution in [0.4, 0.5) is 5.69 Å². The Kier molecular flexibility index (Phi) is 3.79. The van der Waals surface area contributed by atoms with Gasteiger partial charge in [-0.25, -0.2) is 0 Å². The fourth-order valence-corrected chi connectivity index (χ4v) is 1.74. The van der Waals surface area contributed by atoms with Crippen LogP contribution in [0.3, 0.4) is 0 Å². The van der Waals surface area contributed by atoms with Gasteiger partial charge in [-0.2, -0.15) is 0 Å². The average Bonchev–Trinajstić information content (AvgIpc) is 2.41. The molecule has 0 radical (unpaired) electrons. The topological polar surface area (TPSA) is 69.4 Å². The number of rotatable bonds is 4. The van der Waals surface area contributed by atoms with Crippen LogP contribution < -0.4 is 4.74 Å². The van der Waals surface area contributed by atoms with Crippen LogP contribution in [0.1, 0.15) is 22.8 Å². The summed E-state index contributed by atoms with van der Waals surface area (Å²) >= 11 is 0. The SMILES string of the molecule is CC(=O)c1ccc(Oc2ccc(C)cc2[N+](=O)[O-])cc1. The van der Waals surface area contributed by atoms with Crippen molar-refractivity contribution in [3.8, 4) is 11.5 Å². The number of carbonyl (C=O) groups excluding carboxylic acids is 1. The molecule has 0 heterocycles. The molecule has 0 aliphatic heterocycles. The molecule has 2 rings (SSSR count). The third kappa shape index (κ3) is 3.00. The number of ketones is 1. The summed E-state index contributed by atoms with van der Waals surface area (Å²) in [6.45, 7) is 3.25. The molecule has 2 aromatic carbocycles. The summed E-state index contributed by atoms with van der Waals surface area (Å²) < 4.78 is 5.51. The largest absolute Gasteiger partial charge is 0.450 e. The molecular formula is C15H13NO4. The minimum atomic E-state index is -0.480. The zero-order valence-electron chi connectivity index (χ0n) is 11.1. The van der Waals surface area contributed by atoms with Gasteiger partial charge < -0.3 is 4.74 Å². The van der Waals surface area contributed by atoms with Crippen molar-refractivity contribution in [2.24, 2.45) is 0 Å². The van der Waals surface area contributed by atoms with E-state index in [0.29, 0.717) is 11.3 Å². The Morgan fingerprint density at radius 2 is 1.80 bits per heavy atom. The summed E-state index contributed by atoms with van der Waals surface area (Å²) in [6, 6.07) is 11.2. The monoisotopic (exact) mass is 271 g/mol. The van der Waals surface area contributed by atoms with Crippen LogP contribution in [0.5, 0.6) is 11.5 Å². The standard InChI is InChI=1S/C15H13NO4/c1-10-3-8-15(14(9-10)16(18)19)20-13-6-4-12(5-7-13)11(2)17/h3-9H,1-2H3. The predicted molar refractivity (Wildman–Crippen MR) is 74.4 cm³/mol. The summed E-state index contributed by atoms with van der Waals surface area (Å²) in [5.74, 6) is 0.580. The van der Waals surface area contributed by atoms with E-state index in [1.807, 2.05) is 0 Å². The van der Waals surface area contributed by atoms with Crippen molar-refractivity contribution in [1.82, 2.24) is 0 Å². The van der Waals surface area contributed by atoms with Crippen LogP contribution in [0, 0.1) is 17.0 Å². The highest BCUT2D eigenvalue weighted by atomic mass is 16.6. The number of nitrogens with zero attached hydrogens (tertiary/aromatic N) is 1. The molecule has 20 heavy (non-hydrogen) atoms. The Labute approximate surface area is 116 Å². The van der Waals surface area contributed by atoms with E-state index in [4.69, 9.17) is 4.74 Å². The zero-order valence-corrected chi connectivity index (χ0v) is 11.1. The molecule has 5 heteroatoms. The highest BCUT2D eigenvalue weighted by Crippen LogP contribution is 2.32. The second-order valence-electron chi connectivity index (χ2n) is 4.41. The summed E-state index contributed by atoms with van der Waals surface area (Å²) in [5.41, 5.74) is 1.27. The number of benzene rings is 2. The van der Waals surface area contributed by atoms with Crippen molar-refractivity contribution in [2.75, 3.05) is 0 Å². The number of ether oxygens (including phenoxy) is 1. The van der Waals surface area contributed by atoms with Crippen molar-refractivity contribution >= 4 is 11.5 Å². The fourth-order valence-electron chi connectivity index (χ4n) is 1.74. The van der Waals surface area contributed by atoms with Crippen molar-refractivity contribution in [2.45, 2.75) is 13.8 Å². The Morgan fingerprint density at radius 3 is 2.35 bits per heavy atom. The minimum absolute atomic E-state index is 0.0436. The molecule has 0 aliphatic carbocycles. The van der Waals surface area contributed by atoms with Gasteiger partial charge in [0.25, 0.3) is 0 Å². The van der Waals surface area contributed by atoms with Gasteiger partial charge in [-0.15, -0.1) is 0 Å². The number of hydrogen-bond acceptors (Lipinski definition) is 4. The molecule has 0 atom stereocenters. The van der Waals surface area contributed by atoms with E-state index in [-0.39, 0.29) is 17.2 Å². The van der Waals surface area contributed by atoms with Gasteiger partial charge >= 0.3 is 5.69 Å². The molecule has 0 unspecified atom stereocenters. The van der Waals surface area contributed by atoms with Crippen molar-refractivity contribution in [3.63, 3.8) is 0 Å². The van der Waals surface area contributed by atoms with E-state index >= 15 is 0 Å². The Balaban J connectivity index is 2.30. The quantitative estimate of drug-likeness (QED) is 0.480. The first kappa shape index (κ1) is 13.7. The molecule has 0 aliphatic rings. The first-order valence-electron chi connectivity index (χ1n) is 6.01. The summed E-state index contributed by atoms with van der Waals surface area (Å²) in [4.78, 5) is 21.7. The second-order valence-corrected chi connectivity index (χ2v) is 4.41. The van der Waals surface area contributed by atoms with Crippen molar-refractivity contribution in [3.05, 3.63) is 63.7 Å². The molecule has 0 bridgehead atoms. The van der Waals surface area contributed by atoms with Gasteiger partial charge in [0.1, 0.15) is 5.75 Å². The number of Topliss-reactive ketones (excluding diaryl/α,β-unsaturated/α-hetero) is 1. The van der Waals surface area contributed by atoms with E-state index in [1.54, 1.807) is 43.3 Å². The minimum Gasteiger partial charge on any atom is -0.450 e. The highest BCUT2D eigenvalue weighted by molar-refractivity contribution is 5.94. The van der Waals surface area contributed by atoms with Crippen molar-refractivity contribution in [1.29, 1.82) is 0 Å². The number of nitro benzene ring substituents is 1. The molecule has 0 saturated carbocycles. The summed E-state index contributed by atoms with van der Waals surface area (Å²) in [7, 11) is 0. The van der Waals surface area contributed by atoms with Gasteiger partial charge in [-0.05, 0) is 49.7 Å². The normalized spacial score (nSPS) is 10.1. The van der Waals surface area contributed by atoms with E-state index in [2.05, 4.69) is 0 Å². The number of hydrogen-bond donors (Lipinski definition) is 0. The molecule has 5 nitrogen and oxygen atoms in total. The van der Waals surface area contributed by atoms with Crippen LogP contribution in [-0.4, -0.2) is 10.7 Å². The molecule has 0 fully saturated rings. The van der Waals surface area contributed by atoms with Crippen molar-refractivity contribution < 1.29 is 14.5 Å². The molecule has 0 aromatic heterocycles. The smallest absolute Gasteiger partial charge is 0.311 e. The lowest BCUT2D eigenvalue weighted by Crippen LogP contribution is -1.95. The van der Waals surface area contributed by atoms with E-state index in [9.17, 15) is 14.9 Å². The number of carbonyl (C=O) groups is 1. The lowest BCUT2D eigenvalue weighted by atomic mass is 10.1. The molecule has 102 valence electrons. The fraction of sp³-hybridized carbons (Fsp3) is 0.133. The maximum Gasteiger partial charge on any atom is 0.311 e. The third-order valence-corrected chi connectivity index (χ3v) is 2.80. The van der Waals surface area contributed by atoms with Gasteiger partial charge in [0, 0.05) is 11.6 Å². The average molecular weight is 271 g/mol. The van der Waals surface area contributed by atoms with Gasteiger partial charge in [-0.1, -0.05) is 6.07 Å². The Morgan fingerprint density at radius 1 is 1.15 bits per heavy atom. The maximum absolute atomic E-state index is 11.2. The zero-order chi connectivity index (χ0) is 14.7. The first-order valence-corrected chi connectivity index (χ1v) is 6.01. The number of nitro groups is 1. The van der Waals surface area contributed by atoms with Crippen LogP contribution in [0.25, 0.3) is 0 Å². The Hall–Kier alpha value is -2.69. The highest BCUT2D eigenvalue weighted by Gasteiger charge is 2.15. The molecule has 0 N–H and O–H groups in total. The van der Waals surface area contributed by atoms with Gasteiger partial charge in [0.15, 0.2) is 5.78 Å². The molecule has 2 aromatic rings. The van der Waals surface area contributed by atoms with Gasteiger partial charge in [0.05, 0.1) is 4.92 Å². The van der Waals surface area contributed by atoms with E-state index in [0.717, 1.165) is 5.56 Å². The van der Waals surface area contributed by atoms with E-state index < -0.39 is 4.92 Å².